The first-order valence-corrected chi connectivity index (χ1v) is 11.0. The van der Waals surface area contributed by atoms with Crippen molar-refractivity contribution in [1.82, 2.24) is 0 Å². The van der Waals surface area contributed by atoms with Gasteiger partial charge in [-0.1, -0.05) is 54.6 Å². The number of rotatable bonds is 9. The monoisotopic (exact) mass is 414 g/mol. The zero-order valence-electron chi connectivity index (χ0n) is 18.1. The average molecular weight is 415 g/mol. The summed E-state index contributed by atoms with van der Waals surface area (Å²) in [7, 11) is 0. The number of aliphatic carboxylic acids is 1. The lowest BCUT2D eigenvalue weighted by atomic mass is 9.76. The summed E-state index contributed by atoms with van der Waals surface area (Å²) in [6, 6.07) is 14.6. The molecule has 31 heavy (non-hydrogen) atoms. The summed E-state index contributed by atoms with van der Waals surface area (Å²) in [6.45, 7) is 10.1. The Kier molecular flexibility index (Phi) is 5.86. The second-order valence-electron chi connectivity index (χ2n) is 8.65. The number of fused-ring (bicyclic) bond motifs is 1. The number of allylic oxidation sites excluding steroid dienone is 4. The third-order valence-corrected chi connectivity index (χ3v) is 6.71. The first-order chi connectivity index (χ1) is 15.0. The summed E-state index contributed by atoms with van der Waals surface area (Å²) in [5, 5.41) is 9.13. The standard InChI is InChI=1S/C28H30O3/c1-4-15-28(6-3,16-5-2)21-10-13-23-20(17-21)9-14-26(23)31-22-11-7-19(8-12-22)24-18-25(24)27(29)30/h4-8,10-13,16-17,24-26H,1,3,9,14-15,18H2,2H3,(H,29,30). The van der Waals surface area contributed by atoms with Gasteiger partial charge in [0.05, 0.1) is 5.92 Å². The van der Waals surface area contributed by atoms with Crippen molar-refractivity contribution in [3.8, 4) is 5.75 Å². The topological polar surface area (TPSA) is 46.5 Å². The van der Waals surface area contributed by atoms with Crippen LogP contribution in [0.15, 0.2) is 79.9 Å². The van der Waals surface area contributed by atoms with Crippen LogP contribution in [0.3, 0.4) is 0 Å². The molecule has 1 N–H and O–H groups in total. The van der Waals surface area contributed by atoms with E-state index in [-0.39, 0.29) is 23.4 Å². The van der Waals surface area contributed by atoms with Crippen LogP contribution in [0.25, 0.3) is 0 Å². The maximum Gasteiger partial charge on any atom is 0.307 e. The lowest BCUT2D eigenvalue weighted by Crippen LogP contribution is -2.20. The Balaban J connectivity index is 1.50. The third kappa shape index (κ3) is 4.10. The van der Waals surface area contributed by atoms with Crippen LogP contribution in [0.5, 0.6) is 5.75 Å². The van der Waals surface area contributed by atoms with Crippen molar-refractivity contribution in [1.29, 1.82) is 0 Å². The van der Waals surface area contributed by atoms with E-state index in [0.717, 1.165) is 37.0 Å². The maximum absolute atomic E-state index is 11.1. The van der Waals surface area contributed by atoms with E-state index in [0.29, 0.717) is 0 Å². The van der Waals surface area contributed by atoms with Gasteiger partial charge in [0.1, 0.15) is 11.9 Å². The average Bonchev–Trinajstić information content (AvgIpc) is 3.49. The van der Waals surface area contributed by atoms with Crippen molar-refractivity contribution in [2.75, 3.05) is 0 Å². The van der Waals surface area contributed by atoms with Gasteiger partial charge in [-0.2, -0.15) is 0 Å². The van der Waals surface area contributed by atoms with Gasteiger partial charge in [-0.15, -0.1) is 13.2 Å². The van der Waals surface area contributed by atoms with Gasteiger partial charge in [0.15, 0.2) is 0 Å². The van der Waals surface area contributed by atoms with Crippen molar-refractivity contribution >= 4 is 5.97 Å². The minimum atomic E-state index is -0.699. The predicted molar refractivity (Wildman–Crippen MR) is 125 cm³/mol. The lowest BCUT2D eigenvalue weighted by Gasteiger charge is -2.27. The quantitative estimate of drug-likeness (QED) is 0.475. The van der Waals surface area contributed by atoms with Crippen LogP contribution in [0.1, 0.15) is 60.5 Å². The molecule has 4 rings (SSSR count). The van der Waals surface area contributed by atoms with Crippen LogP contribution >= 0.6 is 0 Å². The first-order valence-electron chi connectivity index (χ1n) is 11.0. The van der Waals surface area contributed by atoms with Crippen LogP contribution in [0.2, 0.25) is 0 Å². The molecule has 4 unspecified atom stereocenters. The summed E-state index contributed by atoms with van der Waals surface area (Å²) in [6.07, 6.45) is 11.8. The van der Waals surface area contributed by atoms with Crippen molar-refractivity contribution in [3.05, 3.63) is 102 Å². The second kappa shape index (κ2) is 8.58. The van der Waals surface area contributed by atoms with Crippen LogP contribution in [0, 0.1) is 5.92 Å². The van der Waals surface area contributed by atoms with E-state index >= 15 is 0 Å². The molecule has 1 saturated carbocycles. The van der Waals surface area contributed by atoms with E-state index < -0.39 is 5.97 Å². The highest BCUT2D eigenvalue weighted by Crippen LogP contribution is 2.48. The van der Waals surface area contributed by atoms with Gasteiger partial charge < -0.3 is 9.84 Å². The molecule has 4 atom stereocenters. The van der Waals surface area contributed by atoms with Crippen LogP contribution in [-0.2, 0) is 16.6 Å². The Morgan fingerprint density at radius 1 is 1.23 bits per heavy atom. The summed E-state index contributed by atoms with van der Waals surface area (Å²) >= 11 is 0. The highest BCUT2D eigenvalue weighted by atomic mass is 16.5. The Morgan fingerprint density at radius 3 is 2.61 bits per heavy atom. The van der Waals surface area contributed by atoms with Gasteiger partial charge in [0.2, 0.25) is 0 Å². The Bertz CT molecular complexity index is 1020. The van der Waals surface area contributed by atoms with Crippen LogP contribution in [-0.4, -0.2) is 11.1 Å². The molecule has 3 heteroatoms. The number of benzene rings is 2. The molecule has 0 spiro atoms. The fourth-order valence-electron chi connectivity index (χ4n) is 4.87. The summed E-state index contributed by atoms with van der Waals surface area (Å²) < 4.78 is 6.31. The highest BCUT2D eigenvalue weighted by molar-refractivity contribution is 5.75. The van der Waals surface area contributed by atoms with Gasteiger partial charge in [-0.05, 0) is 72.9 Å². The smallest absolute Gasteiger partial charge is 0.307 e. The highest BCUT2D eigenvalue weighted by Gasteiger charge is 2.44. The van der Waals surface area contributed by atoms with Crippen molar-refractivity contribution < 1.29 is 14.6 Å². The van der Waals surface area contributed by atoms with Crippen LogP contribution in [0.4, 0.5) is 0 Å². The molecule has 0 aromatic heterocycles. The Labute approximate surface area is 184 Å². The summed E-state index contributed by atoms with van der Waals surface area (Å²) in [5.41, 5.74) is 4.68. The first kappa shape index (κ1) is 21.2. The van der Waals surface area contributed by atoms with Gasteiger partial charge >= 0.3 is 5.97 Å². The molecule has 2 aliphatic carbocycles. The molecular weight excluding hydrogens is 384 g/mol. The zero-order valence-corrected chi connectivity index (χ0v) is 18.1. The molecule has 2 aromatic carbocycles. The van der Waals surface area contributed by atoms with Crippen molar-refractivity contribution in [3.63, 3.8) is 0 Å². The van der Waals surface area contributed by atoms with Crippen molar-refractivity contribution in [2.24, 2.45) is 5.92 Å². The van der Waals surface area contributed by atoms with E-state index in [1.165, 1.54) is 16.7 Å². The van der Waals surface area contributed by atoms with Gasteiger partial charge in [-0.25, -0.2) is 0 Å². The number of carbonyl (C=O) groups is 1. The fourth-order valence-corrected chi connectivity index (χ4v) is 4.87. The maximum atomic E-state index is 11.1. The molecule has 0 radical (unpaired) electrons. The number of ether oxygens (including phenoxy) is 1. The SMILES string of the molecule is C=CCC(C=C)(C=CC)c1ccc2c(c1)CCC2Oc1ccc(C2CC2C(=O)O)cc1. The van der Waals surface area contributed by atoms with E-state index in [4.69, 9.17) is 9.84 Å². The molecule has 3 nitrogen and oxygen atoms in total. The van der Waals surface area contributed by atoms with Gasteiger partial charge in [0, 0.05) is 5.41 Å². The molecule has 1 fully saturated rings. The minimum absolute atomic E-state index is 0.0434. The minimum Gasteiger partial charge on any atom is -0.486 e. The molecule has 0 bridgehead atoms. The Morgan fingerprint density at radius 2 is 2.00 bits per heavy atom. The molecule has 0 saturated heterocycles. The second-order valence-corrected chi connectivity index (χ2v) is 8.65. The summed E-state index contributed by atoms with van der Waals surface area (Å²) in [5.74, 6) is 0.0542. The number of carboxylic acid groups (broad SMARTS) is 1. The molecular formula is C28H30O3. The third-order valence-electron chi connectivity index (χ3n) is 6.71. The molecule has 0 aliphatic heterocycles. The zero-order chi connectivity index (χ0) is 22.0. The number of aryl methyl sites for hydroxylation is 1. The number of hydrogen-bond donors (Lipinski definition) is 1. The number of hydrogen-bond acceptors (Lipinski definition) is 2. The fraction of sp³-hybridized carbons (Fsp3) is 0.321. The summed E-state index contributed by atoms with van der Waals surface area (Å²) in [4.78, 5) is 11.1. The van der Waals surface area contributed by atoms with E-state index in [1.54, 1.807) is 0 Å². The normalized spacial score (nSPS) is 23.7. The van der Waals surface area contributed by atoms with Crippen LogP contribution < -0.4 is 4.74 Å². The number of carboxylic acids is 1. The van der Waals surface area contributed by atoms with Gasteiger partial charge in [0.25, 0.3) is 0 Å². The van der Waals surface area contributed by atoms with Crippen molar-refractivity contribution in [2.45, 2.75) is 50.0 Å². The molecule has 0 amide bonds. The molecule has 2 aliphatic rings. The van der Waals surface area contributed by atoms with E-state index in [9.17, 15) is 4.79 Å². The molecule has 160 valence electrons. The molecule has 2 aromatic rings. The van der Waals surface area contributed by atoms with E-state index in [2.05, 4.69) is 43.5 Å². The predicted octanol–water partition coefficient (Wildman–Crippen LogP) is 6.52. The molecule has 0 heterocycles. The van der Waals surface area contributed by atoms with Gasteiger partial charge in [-0.3, -0.25) is 4.79 Å². The lowest BCUT2D eigenvalue weighted by molar-refractivity contribution is -0.138. The Hall–Kier alpha value is -3.07. The largest absolute Gasteiger partial charge is 0.486 e. The van der Waals surface area contributed by atoms with E-state index in [1.807, 2.05) is 43.3 Å².